The normalized spacial score (nSPS) is 18.2. The van der Waals surface area contributed by atoms with Crippen LogP contribution in [0.1, 0.15) is 12.1 Å². The van der Waals surface area contributed by atoms with Crippen LogP contribution < -0.4 is 19.7 Å². The van der Waals surface area contributed by atoms with Crippen molar-refractivity contribution in [2.45, 2.75) is 19.0 Å². The lowest BCUT2D eigenvalue weighted by Crippen LogP contribution is -2.32. The molecule has 1 saturated heterocycles. The fraction of sp³-hybridized carbons (Fsp3) is 0.286. The maximum absolute atomic E-state index is 5.47. The van der Waals surface area contributed by atoms with Crippen LogP contribution in [-0.2, 0) is 6.54 Å². The third-order valence-electron chi connectivity index (χ3n) is 5.05. The molecule has 1 atom stereocenters. The largest absolute Gasteiger partial charge is 0.454 e. The Bertz CT molecular complexity index is 928. The molecule has 6 heteroatoms. The highest BCUT2D eigenvalue weighted by atomic mass is 32.1. The van der Waals surface area contributed by atoms with E-state index in [4.69, 9.17) is 14.5 Å². The number of rotatable bonds is 5. The van der Waals surface area contributed by atoms with Crippen molar-refractivity contribution in [2.75, 3.05) is 24.8 Å². The zero-order valence-corrected chi connectivity index (χ0v) is 15.7. The first-order valence-electron chi connectivity index (χ1n) is 9.23. The molecular weight excluding hydrogens is 358 g/mol. The Balaban J connectivity index is 1.19. The van der Waals surface area contributed by atoms with E-state index in [9.17, 15) is 0 Å². The highest BCUT2D eigenvalue weighted by molar-refractivity contribution is 7.13. The van der Waals surface area contributed by atoms with Gasteiger partial charge in [-0.3, -0.25) is 0 Å². The van der Waals surface area contributed by atoms with Crippen LogP contribution in [0.25, 0.3) is 10.6 Å². The summed E-state index contributed by atoms with van der Waals surface area (Å²) in [6.45, 7) is 3.24. The number of aromatic nitrogens is 1. The first kappa shape index (κ1) is 16.6. The molecule has 3 aromatic rings. The van der Waals surface area contributed by atoms with E-state index in [0.29, 0.717) is 12.8 Å². The molecule has 1 unspecified atom stereocenters. The molecule has 5 nitrogen and oxygen atoms in total. The van der Waals surface area contributed by atoms with Gasteiger partial charge in [-0.15, -0.1) is 11.3 Å². The first-order chi connectivity index (χ1) is 13.3. The van der Waals surface area contributed by atoms with Crippen molar-refractivity contribution in [3.05, 3.63) is 59.6 Å². The molecule has 0 radical (unpaired) electrons. The van der Waals surface area contributed by atoms with Crippen LogP contribution in [0.4, 0.5) is 5.69 Å². The predicted octanol–water partition coefficient (Wildman–Crippen LogP) is 3.91. The van der Waals surface area contributed by atoms with Gasteiger partial charge < -0.3 is 19.7 Å². The molecule has 0 amide bonds. The molecule has 2 aromatic carbocycles. The number of anilines is 1. The summed E-state index contributed by atoms with van der Waals surface area (Å²) in [6, 6.07) is 17.1. The Hall–Kier alpha value is -2.57. The van der Waals surface area contributed by atoms with Crippen LogP contribution in [0.15, 0.2) is 53.9 Å². The Morgan fingerprint density at radius 2 is 2.00 bits per heavy atom. The summed E-state index contributed by atoms with van der Waals surface area (Å²) in [5.41, 5.74) is 3.47. The zero-order valence-electron chi connectivity index (χ0n) is 14.9. The van der Waals surface area contributed by atoms with Gasteiger partial charge in [-0.05, 0) is 36.8 Å². The average Bonchev–Trinajstić information content (AvgIpc) is 3.46. The van der Waals surface area contributed by atoms with Gasteiger partial charge >= 0.3 is 0 Å². The molecule has 3 heterocycles. The number of thiazole rings is 1. The summed E-state index contributed by atoms with van der Waals surface area (Å²) in [5, 5.41) is 6.81. The van der Waals surface area contributed by atoms with Gasteiger partial charge in [0.25, 0.3) is 0 Å². The van der Waals surface area contributed by atoms with E-state index in [0.717, 1.165) is 53.8 Å². The lowest BCUT2D eigenvalue weighted by molar-refractivity contribution is 0.174. The number of ether oxygens (including phenoxy) is 2. The molecule has 0 spiro atoms. The van der Waals surface area contributed by atoms with Gasteiger partial charge in [-0.2, -0.15) is 0 Å². The molecule has 2 aliphatic rings. The van der Waals surface area contributed by atoms with Crippen molar-refractivity contribution < 1.29 is 9.47 Å². The number of nitrogens with zero attached hydrogens (tertiary/aromatic N) is 2. The van der Waals surface area contributed by atoms with E-state index >= 15 is 0 Å². The smallest absolute Gasteiger partial charge is 0.231 e. The standard InChI is InChI=1S/C21H21N3O2S/c1-2-4-18(5-3-1)24-9-8-16(12-24)22-11-17-13-27-21(23-17)15-6-7-19-20(10-15)26-14-25-19/h1-7,10,13,16,22H,8-9,11-12,14H2. The summed E-state index contributed by atoms with van der Waals surface area (Å²) in [6.07, 6.45) is 1.16. The number of fused-ring (bicyclic) bond motifs is 1. The monoisotopic (exact) mass is 379 g/mol. The number of benzene rings is 2. The summed E-state index contributed by atoms with van der Waals surface area (Å²) >= 11 is 1.67. The van der Waals surface area contributed by atoms with Crippen molar-refractivity contribution in [1.82, 2.24) is 10.3 Å². The van der Waals surface area contributed by atoms with Crippen molar-refractivity contribution >= 4 is 17.0 Å². The molecule has 5 rings (SSSR count). The molecule has 27 heavy (non-hydrogen) atoms. The number of hydrogen-bond acceptors (Lipinski definition) is 6. The SMILES string of the molecule is c1ccc(N2CCC(NCc3csc(-c4ccc5c(c4)OCO5)n3)C2)cc1. The Morgan fingerprint density at radius 3 is 2.93 bits per heavy atom. The molecule has 0 bridgehead atoms. The van der Waals surface area contributed by atoms with E-state index in [1.807, 2.05) is 18.2 Å². The van der Waals surface area contributed by atoms with Crippen LogP contribution in [0.2, 0.25) is 0 Å². The third kappa shape index (κ3) is 3.50. The molecule has 138 valence electrons. The van der Waals surface area contributed by atoms with Gasteiger partial charge in [-0.25, -0.2) is 4.98 Å². The molecule has 2 aliphatic heterocycles. The Kier molecular flexibility index (Phi) is 4.43. The highest BCUT2D eigenvalue weighted by Crippen LogP contribution is 2.36. The van der Waals surface area contributed by atoms with Crippen LogP contribution >= 0.6 is 11.3 Å². The van der Waals surface area contributed by atoms with Crippen molar-refractivity contribution in [3.8, 4) is 22.1 Å². The van der Waals surface area contributed by atoms with Gasteiger partial charge in [0, 0.05) is 42.3 Å². The fourth-order valence-corrected chi connectivity index (χ4v) is 4.42. The minimum atomic E-state index is 0.299. The molecule has 0 saturated carbocycles. The summed E-state index contributed by atoms with van der Waals surface area (Å²) in [4.78, 5) is 7.23. The summed E-state index contributed by atoms with van der Waals surface area (Å²) < 4.78 is 10.8. The molecule has 0 aliphatic carbocycles. The third-order valence-corrected chi connectivity index (χ3v) is 5.99. The van der Waals surface area contributed by atoms with Gasteiger partial charge in [0.1, 0.15) is 5.01 Å². The zero-order chi connectivity index (χ0) is 18.1. The molecule has 1 fully saturated rings. The number of hydrogen-bond donors (Lipinski definition) is 1. The maximum Gasteiger partial charge on any atom is 0.231 e. The Morgan fingerprint density at radius 1 is 1.11 bits per heavy atom. The van der Waals surface area contributed by atoms with Crippen LogP contribution in [-0.4, -0.2) is 30.9 Å². The molecular formula is C21H21N3O2S. The second-order valence-electron chi connectivity index (χ2n) is 6.86. The average molecular weight is 379 g/mol. The van der Waals surface area contributed by atoms with E-state index < -0.39 is 0 Å². The van der Waals surface area contributed by atoms with Gasteiger partial charge in [0.05, 0.1) is 5.69 Å². The van der Waals surface area contributed by atoms with E-state index in [2.05, 4.69) is 45.9 Å². The predicted molar refractivity (Wildman–Crippen MR) is 108 cm³/mol. The summed E-state index contributed by atoms with van der Waals surface area (Å²) in [7, 11) is 0. The fourth-order valence-electron chi connectivity index (χ4n) is 3.60. The second-order valence-corrected chi connectivity index (χ2v) is 7.72. The van der Waals surface area contributed by atoms with Crippen LogP contribution in [0, 0.1) is 0 Å². The summed E-state index contributed by atoms with van der Waals surface area (Å²) in [5.74, 6) is 1.61. The minimum absolute atomic E-state index is 0.299. The van der Waals surface area contributed by atoms with Gasteiger partial charge in [0.2, 0.25) is 6.79 Å². The van der Waals surface area contributed by atoms with Gasteiger partial charge in [-0.1, -0.05) is 18.2 Å². The van der Waals surface area contributed by atoms with Crippen LogP contribution in [0.3, 0.4) is 0 Å². The number of nitrogens with one attached hydrogen (secondary N) is 1. The second kappa shape index (κ2) is 7.21. The van der Waals surface area contributed by atoms with Crippen LogP contribution in [0.5, 0.6) is 11.5 Å². The molecule has 1 aromatic heterocycles. The minimum Gasteiger partial charge on any atom is -0.454 e. The lowest BCUT2D eigenvalue weighted by atomic mass is 10.2. The van der Waals surface area contributed by atoms with E-state index in [-0.39, 0.29) is 0 Å². The Labute approximate surface area is 162 Å². The quantitative estimate of drug-likeness (QED) is 0.728. The van der Waals surface area contributed by atoms with E-state index in [1.54, 1.807) is 11.3 Å². The lowest BCUT2D eigenvalue weighted by Gasteiger charge is -2.18. The first-order valence-corrected chi connectivity index (χ1v) is 10.1. The maximum atomic E-state index is 5.47. The van der Waals surface area contributed by atoms with Crippen molar-refractivity contribution in [2.24, 2.45) is 0 Å². The molecule has 1 N–H and O–H groups in total. The van der Waals surface area contributed by atoms with Gasteiger partial charge in [0.15, 0.2) is 11.5 Å². The van der Waals surface area contributed by atoms with Crippen molar-refractivity contribution in [1.29, 1.82) is 0 Å². The van der Waals surface area contributed by atoms with Crippen molar-refractivity contribution in [3.63, 3.8) is 0 Å². The van der Waals surface area contributed by atoms with E-state index in [1.165, 1.54) is 5.69 Å². The highest BCUT2D eigenvalue weighted by Gasteiger charge is 2.22. The number of para-hydroxylation sites is 1. The topological polar surface area (TPSA) is 46.6 Å².